The molecular formula is C17H19N2O2. The molecule has 2 rings (SSSR count). The highest BCUT2D eigenvalue weighted by atomic mass is 16.5. The van der Waals surface area contributed by atoms with Crippen LogP contribution < -0.4 is 15.4 Å². The van der Waals surface area contributed by atoms with Crippen molar-refractivity contribution in [1.29, 1.82) is 0 Å². The maximum Gasteiger partial charge on any atom is 0.319 e. The molecule has 2 aromatic rings. The first-order valence-electron chi connectivity index (χ1n) is 6.87. The van der Waals surface area contributed by atoms with Gasteiger partial charge in [0.2, 0.25) is 0 Å². The highest BCUT2D eigenvalue weighted by Gasteiger charge is 2.05. The molecule has 1 atom stereocenters. The van der Waals surface area contributed by atoms with Crippen LogP contribution in [0.15, 0.2) is 54.6 Å². The Labute approximate surface area is 125 Å². The second kappa shape index (κ2) is 7.33. The Morgan fingerprint density at radius 1 is 1.10 bits per heavy atom. The molecule has 2 N–H and O–H groups in total. The van der Waals surface area contributed by atoms with Gasteiger partial charge in [-0.05, 0) is 49.7 Å². The molecule has 0 aliphatic carbocycles. The van der Waals surface area contributed by atoms with E-state index in [1.165, 1.54) is 0 Å². The summed E-state index contributed by atoms with van der Waals surface area (Å²) < 4.78 is 5.68. The lowest BCUT2D eigenvalue weighted by Crippen LogP contribution is -2.35. The van der Waals surface area contributed by atoms with Crippen LogP contribution in [0.4, 0.5) is 10.5 Å². The van der Waals surface area contributed by atoms with Gasteiger partial charge in [0.15, 0.2) is 0 Å². The monoisotopic (exact) mass is 283 g/mol. The third-order valence-electron chi connectivity index (χ3n) is 2.90. The first kappa shape index (κ1) is 14.9. The molecule has 0 bridgehead atoms. The number of carbonyl (C=O) groups is 1. The fourth-order valence-corrected chi connectivity index (χ4v) is 1.69. The molecule has 0 fully saturated rings. The summed E-state index contributed by atoms with van der Waals surface area (Å²) in [5.74, 6) is 1.50. The highest BCUT2D eigenvalue weighted by molar-refractivity contribution is 5.89. The summed E-state index contributed by atoms with van der Waals surface area (Å²) in [5, 5.41) is 5.55. The van der Waals surface area contributed by atoms with E-state index in [9.17, 15) is 4.79 Å². The van der Waals surface area contributed by atoms with E-state index in [0.29, 0.717) is 12.1 Å². The van der Waals surface area contributed by atoms with Crippen LogP contribution in [0.3, 0.4) is 0 Å². The third kappa shape index (κ3) is 4.84. The van der Waals surface area contributed by atoms with Crippen molar-refractivity contribution in [1.82, 2.24) is 5.32 Å². The van der Waals surface area contributed by atoms with Gasteiger partial charge in [-0.3, -0.25) is 0 Å². The number of benzene rings is 2. The average Bonchev–Trinajstić information content (AvgIpc) is 2.50. The van der Waals surface area contributed by atoms with Gasteiger partial charge in [-0.2, -0.15) is 0 Å². The van der Waals surface area contributed by atoms with Gasteiger partial charge in [0.1, 0.15) is 11.5 Å². The molecule has 2 amide bonds. The van der Waals surface area contributed by atoms with Gasteiger partial charge < -0.3 is 15.4 Å². The maximum atomic E-state index is 11.7. The molecule has 1 unspecified atom stereocenters. The average molecular weight is 283 g/mol. The predicted molar refractivity (Wildman–Crippen MR) is 84.5 cm³/mol. The fourth-order valence-electron chi connectivity index (χ4n) is 1.69. The zero-order valence-electron chi connectivity index (χ0n) is 12.0. The lowest BCUT2D eigenvalue weighted by molar-refractivity contribution is 0.249. The number of hydrogen-bond donors (Lipinski definition) is 2. The summed E-state index contributed by atoms with van der Waals surface area (Å²) in [5.41, 5.74) is 0.712. The lowest BCUT2D eigenvalue weighted by atomic mass is 10.2. The molecule has 0 saturated heterocycles. The van der Waals surface area contributed by atoms with Gasteiger partial charge in [0, 0.05) is 11.7 Å². The summed E-state index contributed by atoms with van der Waals surface area (Å²) in [6.07, 6.45) is 0.650. The van der Waals surface area contributed by atoms with Crippen LogP contribution in [-0.4, -0.2) is 12.1 Å². The Hall–Kier alpha value is -2.49. The van der Waals surface area contributed by atoms with Crippen molar-refractivity contribution in [3.63, 3.8) is 0 Å². The van der Waals surface area contributed by atoms with Crippen LogP contribution in [-0.2, 0) is 0 Å². The number of rotatable bonds is 5. The van der Waals surface area contributed by atoms with E-state index in [2.05, 4.69) is 17.6 Å². The number of para-hydroxylation sites is 1. The van der Waals surface area contributed by atoms with Crippen LogP contribution in [0.1, 0.15) is 13.3 Å². The molecular weight excluding hydrogens is 264 g/mol. The molecule has 0 aliphatic rings. The Bertz CT molecular complexity index is 567. The van der Waals surface area contributed by atoms with Crippen molar-refractivity contribution >= 4 is 11.7 Å². The lowest BCUT2D eigenvalue weighted by Gasteiger charge is -2.12. The molecule has 2 aromatic carbocycles. The Kier molecular flexibility index (Phi) is 5.21. The minimum Gasteiger partial charge on any atom is -0.457 e. The normalized spacial score (nSPS) is 11.5. The van der Waals surface area contributed by atoms with E-state index in [4.69, 9.17) is 4.74 Å². The molecule has 0 heterocycles. The van der Waals surface area contributed by atoms with Crippen molar-refractivity contribution in [3.05, 3.63) is 61.5 Å². The van der Waals surface area contributed by atoms with Crippen LogP contribution in [0.25, 0.3) is 0 Å². The van der Waals surface area contributed by atoms with E-state index in [-0.39, 0.29) is 12.1 Å². The number of anilines is 1. The van der Waals surface area contributed by atoms with E-state index in [0.717, 1.165) is 11.5 Å². The minimum atomic E-state index is -0.233. The molecule has 0 aromatic heterocycles. The number of carbonyl (C=O) groups excluding carboxylic acids is 1. The van der Waals surface area contributed by atoms with Gasteiger partial charge in [0.25, 0.3) is 0 Å². The molecule has 1 radical (unpaired) electrons. The largest absolute Gasteiger partial charge is 0.457 e. The number of amides is 2. The van der Waals surface area contributed by atoms with Crippen molar-refractivity contribution in [2.45, 2.75) is 19.4 Å². The first-order chi connectivity index (χ1) is 10.2. The molecule has 0 aliphatic heterocycles. The van der Waals surface area contributed by atoms with E-state index >= 15 is 0 Å². The van der Waals surface area contributed by atoms with Gasteiger partial charge in [0.05, 0.1) is 0 Å². The highest BCUT2D eigenvalue weighted by Crippen LogP contribution is 2.22. The van der Waals surface area contributed by atoms with Gasteiger partial charge >= 0.3 is 6.03 Å². The van der Waals surface area contributed by atoms with Crippen molar-refractivity contribution < 1.29 is 9.53 Å². The smallest absolute Gasteiger partial charge is 0.319 e. The zero-order valence-corrected chi connectivity index (χ0v) is 12.0. The van der Waals surface area contributed by atoms with Gasteiger partial charge in [-0.15, -0.1) is 0 Å². The second-order valence-corrected chi connectivity index (χ2v) is 4.73. The summed E-state index contributed by atoms with van der Waals surface area (Å²) in [7, 11) is 0. The van der Waals surface area contributed by atoms with Crippen molar-refractivity contribution in [2.75, 3.05) is 5.32 Å². The van der Waals surface area contributed by atoms with E-state index in [1.807, 2.05) is 49.4 Å². The molecule has 4 nitrogen and oxygen atoms in total. The summed E-state index contributed by atoms with van der Waals surface area (Å²) in [4.78, 5) is 11.7. The molecule has 109 valence electrons. The van der Waals surface area contributed by atoms with Gasteiger partial charge in [-0.1, -0.05) is 25.1 Å². The standard InChI is InChI=1S/C17H19N2O2/c1-3-13(2)18-17(20)19-14-9-11-16(12-10-14)21-15-7-5-4-6-8-15/h4-13H,1,3H2,2H3,(H2,18,19,20). The number of urea groups is 1. The molecule has 0 spiro atoms. The maximum absolute atomic E-state index is 11.7. The van der Waals surface area contributed by atoms with Crippen LogP contribution in [0.2, 0.25) is 0 Å². The van der Waals surface area contributed by atoms with E-state index in [1.54, 1.807) is 12.1 Å². The van der Waals surface area contributed by atoms with Crippen molar-refractivity contribution in [2.24, 2.45) is 0 Å². The third-order valence-corrected chi connectivity index (χ3v) is 2.90. The topological polar surface area (TPSA) is 50.4 Å². The first-order valence-corrected chi connectivity index (χ1v) is 6.87. The van der Waals surface area contributed by atoms with Crippen LogP contribution in [0.5, 0.6) is 11.5 Å². The van der Waals surface area contributed by atoms with E-state index < -0.39 is 0 Å². The summed E-state index contributed by atoms with van der Waals surface area (Å²) in [6.45, 7) is 5.64. The number of nitrogens with one attached hydrogen (secondary N) is 2. The summed E-state index contributed by atoms with van der Waals surface area (Å²) in [6, 6.07) is 16.6. The predicted octanol–water partition coefficient (Wildman–Crippen LogP) is 4.21. The fraction of sp³-hybridized carbons (Fsp3) is 0.176. The molecule has 4 heteroatoms. The Morgan fingerprint density at radius 3 is 2.33 bits per heavy atom. The zero-order chi connectivity index (χ0) is 15.1. The van der Waals surface area contributed by atoms with Crippen molar-refractivity contribution in [3.8, 4) is 11.5 Å². The molecule has 21 heavy (non-hydrogen) atoms. The quantitative estimate of drug-likeness (QED) is 0.863. The Morgan fingerprint density at radius 2 is 1.71 bits per heavy atom. The van der Waals surface area contributed by atoms with Crippen LogP contribution >= 0.6 is 0 Å². The number of ether oxygens (including phenoxy) is 1. The Balaban J connectivity index is 1.91. The molecule has 0 saturated carbocycles. The van der Waals surface area contributed by atoms with Gasteiger partial charge in [-0.25, -0.2) is 4.79 Å². The number of hydrogen-bond acceptors (Lipinski definition) is 2. The second-order valence-electron chi connectivity index (χ2n) is 4.73. The summed E-state index contributed by atoms with van der Waals surface area (Å²) >= 11 is 0. The van der Waals surface area contributed by atoms with Crippen LogP contribution in [0, 0.1) is 6.92 Å². The SMILES string of the molecule is [CH2]CC(C)NC(=O)Nc1ccc(Oc2ccccc2)cc1. The minimum absolute atomic E-state index is 0.0469.